The third-order valence-electron chi connectivity index (χ3n) is 2.26. The van der Waals surface area contributed by atoms with Crippen molar-refractivity contribution in [2.75, 3.05) is 5.88 Å². The normalized spacial score (nSPS) is 14.5. The summed E-state index contributed by atoms with van der Waals surface area (Å²) in [5.41, 5.74) is 0.232. The van der Waals surface area contributed by atoms with Gasteiger partial charge >= 0.3 is 0 Å². The molecule has 0 aliphatic rings. The maximum absolute atomic E-state index is 13.0. The van der Waals surface area contributed by atoms with Crippen LogP contribution in [0.3, 0.4) is 0 Å². The van der Waals surface area contributed by atoms with Gasteiger partial charge in [0.2, 0.25) is 0 Å². The summed E-state index contributed by atoms with van der Waals surface area (Å²) < 4.78 is 13.0. The number of halogens is 2. The quantitative estimate of drug-likeness (QED) is 0.614. The van der Waals surface area contributed by atoms with Gasteiger partial charge in [0.05, 0.1) is 6.10 Å². The standard InChI is InChI=1S/C11H12ClFO3/c12-4-3-10(15)11(16)9-5-8(13)2-1-7(9)6-14/h1-2,5-6,10-11,15-16H,3-4H2. The fourth-order valence-corrected chi connectivity index (χ4v) is 1.61. The second kappa shape index (κ2) is 5.94. The highest BCUT2D eigenvalue weighted by molar-refractivity contribution is 6.17. The van der Waals surface area contributed by atoms with Crippen LogP contribution in [0.15, 0.2) is 18.2 Å². The molecule has 0 bridgehead atoms. The minimum atomic E-state index is -1.31. The molecular formula is C11H12ClFO3. The SMILES string of the molecule is O=Cc1ccc(F)cc1C(O)C(O)CCCl. The molecule has 0 aliphatic heterocycles. The lowest BCUT2D eigenvalue weighted by atomic mass is 9.98. The fraction of sp³-hybridized carbons (Fsp3) is 0.364. The van der Waals surface area contributed by atoms with E-state index in [0.717, 1.165) is 12.1 Å². The van der Waals surface area contributed by atoms with Crippen LogP contribution in [0.4, 0.5) is 4.39 Å². The van der Waals surface area contributed by atoms with Gasteiger partial charge in [-0.25, -0.2) is 4.39 Å². The van der Waals surface area contributed by atoms with Crippen LogP contribution in [0, 0.1) is 5.82 Å². The highest BCUT2D eigenvalue weighted by atomic mass is 35.5. The Kier molecular flexibility index (Phi) is 4.86. The molecule has 88 valence electrons. The van der Waals surface area contributed by atoms with Gasteiger partial charge in [0.15, 0.2) is 0 Å². The van der Waals surface area contributed by atoms with Crippen molar-refractivity contribution in [2.24, 2.45) is 0 Å². The van der Waals surface area contributed by atoms with Crippen LogP contribution in [-0.2, 0) is 0 Å². The summed E-state index contributed by atoms with van der Waals surface area (Å²) in [6.45, 7) is 0. The third-order valence-corrected chi connectivity index (χ3v) is 2.48. The Labute approximate surface area is 97.5 Å². The Bertz CT molecular complexity index is 370. The second-order valence-electron chi connectivity index (χ2n) is 3.38. The van der Waals surface area contributed by atoms with Crippen LogP contribution in [0.2, 0.25) is 0 Å². The first-order valence-electron chi connectivity index (χ1n) is 4.77. The van der Waals surface area contributed by atoms with Crippen molar-refractivity contribution in [3.63, 3.8) is 0 Å². The van der Waals surface area contributed by atoms with E-state index < -0.39 is 18.0 Å². The monoisotopic (exact) mass is 246 g/mol. The van der Waals surface area contributed by atoms with Crippen LogP contribution in [0.25, 0.3) is 0 Å². The number of aliphatic hydroxyl groups excluding tert-OH is 2. The van der Waals surface area contributed by atoms with Gasteiger partial charge < -0.3 is 10.2 Å². The van der Waals surface area contributed by atoms with E-state index in [1.807, 2.05) is 0 Å². The second-order valence-corrected chi connectivity index (χ2v) is 3.76. The number of rotatable bonds is 5. The number of hydrogen-bond donors (Lipinski definition) is 2. The molecule has 0 heterocycles. The molecule has 5 heteroatoms. The summed E-state index contributed by atoms with van der Waals surface area (Å²) in [6, 6.07) is 3.41. The molecule has 0 radical (unpaired) electrons. The third kappa shape index (κ3) is 3.01. The number of carbonyl (C=O) groups is 1. The van der Waals surface area contributed by atoms with Gasteiger partial charge in [-0.1, -0.05) is 0 Å². The lowest BCUT2D eigenvalue weighted by Gasteiger charge is -2.18. The molecule has 1 aromatic carbocycles. The molecule has 2 N–H and O–H groups in total. The zero-order valence-electron chi connectivity index (χ0n) is 8.44. The van der Waals surface area contributed by atoms with Gasteiger partial charge in [0, 0.05) is 11.4 Å². The van der Waals surface area contributed by atoms with Crippen LogP contribution in [0.5, 0.6) is 0 Å². The van der Waals surface area contributed by atoms with Crippen molar-refractivity contribution in [3.05, 3.63) is 35.1 Å². The summed E-state index contributed by atoms with van der Waals surface area (Å²) in [4.78, 5) is 10.7. The molecular weight excluding hydrogens is 235 g/mol. The minimum Gasteiger partial charge on any atom is -0.390 e. The Hall–Kier alpha value is -0.970. The van der Waals surface area contributed by atoms with Crippen molar-refractivity contribution >= 4 is 17.9 Å². The summed E-state index contributed by atoms with van der Waals surface area (Å²) in [5.74, 6) is -0.401. The van der Waals surface area contributed by atoms with Crippen molar-refractivity contribution in [1.82, 2.24) is 0 Å². The highest BCUT2D eigenvalue weighted by Crippen LogP contribution is 2.23. The Balaban J connectivity index is 3.00. The van der Waals surface area contributed by atoms with E-state index in [1.165, 1.54) is 6.07 Å². The molecule has 0 saturated heterocycles. The number of aliphatic hydroxyl groups is 2. The molecule has 3 nitrogen and oxygen atoms in total. The fourth-order valence-electron chi connectivity index (χ4n) is 1.39. The zero-order chi connectivity index (χ0) is 12.1. The first kappa shape index (κ1) is 13.1. The maximum Gasteiger partial charge on any atom is 0.150 e. The van der Waals surface area contributed by atoms with Crippen LogP contribution in [0.1, 0.15) is 28.4 Å². The van der Waals surface area contributed by atoms with E-state index in [-0.39, 0.29) is 23.4 Å². The van der Waals surface area contributed by atoms with E-state index in [1.54, 1.807) is 0 Å². The number of carbonyl (C=O) groups excluding carboxylic acids is 1. The molecule has 1 aromatic rings. The van der Waals surface area contributed by atoms with Gasteiger partial charge in [0.25, 0.3) is 0 Å². The largest absolute Gasteiger partial charge is 0.390 e. The number of benzene rings is 1. The van der Waals surface area contributed by atoms with Gasteiger partial charge in [-0.15, -0.1) is 11.6 Å². The van der Waals surface area contributed by atoms with E-state index in [9.17, 15) is 19.4 Å². The minimum absolute atomic E-state index is 0.0765. The smallest absolute Gasteiger partial charge is 0.150 e. The molecule has 1 rings (SSSR count). The number of aldehydes is 1. The van der Waals surface area contributed by atoms with E-state index in [2.05, 4.69) is 0 Å². The molecule has 0 amide bonds. The Morgan fingerprint density at radius 1 is 1.44 bits per heavy atom. The molecule has 2 atom stereocenters. The predicted molar refractivity (Wildman–Crippen MR) is 58.1 cm³/mol. The molecule has 16 heavy (non-hydrogen) atoms. The van der Waals surface area contributed by atoms with Gasteiger partial charge in [-0.05, 0) is 30.2 Å². The number of alkyl halides is 1. The first-order chi connectivity index (χ1) is 7.60. The van der Waals surface area contributed by atoms with E-state index >= 15 is 0 Å². The summed E-state index contributed by atoms with van der Waals surface area (Å²) in [7, 11) is 0. The summed E-state index contributed by atoms with van der Waals surface area (Å²) in [6.07, 6.45) is -1.75. The lowest BCUT2D eigenvalue weighted by molar-refractivity contribution is 0.0165. The topological polar surface area (TPSA) is 57.5 Å². The average Bonchev–Trinajstić information content (AvgIpc) is 2.28. The van der Waals surface area contributed by atoms with E-state index in [4.69, 9.17) is 11.6 Å². The van der Waals surface area contributed by atoms with Crippen LogP contribution >= 0.6 is 11.6 Å². The maximum atomic E-state index is 13.0. The van der Waals surface area contributed by atoms with Crippen LogP contribution in [-0.4, -0.2) is 28.5 Å². The zero-order valence-corrected chi connectivity index (χ0v) is 9.19. The predicted octanol–water partition coefficient (Wildman–Crippen LogP) is 1.66. The van der Waals surface area contributed by atoms with Gasteiger partial charge in [0.1, 0.15) is 18.2 Å². The Morgan fingerprint density at radius 3 is 2.69 bits per heavy atom. The molecule has 0 aromatic heterocycles. The number of hydrogen-bond acceptors (Lipinski definition) is 3. The van der Waals surface area contributed by atoms with E-state index in [0.29, 0.717) is 6.29 Å². The van der Waals surface area contributed by atoms with Crippen molar-refractivity contribution < 1.29 is 19.4 Å². The van der Waals surface area contributed by atoms with Crippen LogP contribution < -0.4 is 0 Å². The molecule has 0 saturated carbocycles. The molecule has 0 fully saturated rings. The highest BCUT2D eigenvalue weighted by Gasteiger charge is 2.21. The Morgan fingerprint density at radius 2 is 2.12 bits per heavy atom. The molecule has 2 unspecified atom stereocenters. The molecule has 0 aliphatic carbocycles. The molecule has 0 spiro atoms. The van der Waals surface area contributed by atoms with Gasteiger partial charge in [-0.2, -0.15) is 0 Å². The first-order valence-corrected chi connectivity index (χ1v) is 5.30. The van der Waals surface area contributed by atoms with Gasteiger partial charge in [-0.3, -0.25) is 4.79 Å². The van der Waals surface area contributed by atoms with Crippen molar-refractivity contribution in [2.45, 2.75) is 18.6 Å². The lowest BCUT2D eigenvalue weighted by Crippen LogP contribution is -2.20. The van der Waals surface area contributed by atoms with Crippen molar-refractivity contribution in [3.8, 4) is 0 Å². The summed E-state index contributed by atoms with van der Waals surface area (Å²) >= 11 is 5.42. The van der Waals surface area contributed by atoms with Crippen molar-refractivity contribution in [1.29, 1.82) is 0 Å². The average molecular weight is 247 g/mol. The summed E-state index contributed by atoms with van der Waals surface area (Å²) in [5, 5.41) is 19.2.